The van der Waals surface area contributed by atoms with Gasteiger partial charge in [-0.2, -0.15) is 0 Å². The number of nitro benzene ring substituents is 3. The molecule has 0 aliphatic carbocycles. The Bertz CT molecular complexity index is 628. The predicted molar refractivity (Wildman–Crippen MR) is 77.3 cm³/mol. The Hall–Kier alpha value is -2.82. The summed E-state index contributed by atoms with van der Waals surface area (Å²) in [5.41, 5.74) is -2.30. The SMILES string of the molecule is CN1CCCCC1Oc1c([N+](=O)[O-])cc([N+](=O)[O-])cc1[N+](=O)[O-]. The van der Waals surface area contributed by atoms with Crippen LogP contribution < -0.4 is 4.74 Å². The second kappa shape index (κ2) is 6.52. The van der Waals surface area contributed by atoms with Crippen LogP contribution in [-0.2, 0) is 0 Å². The van der Waals surface area contributed by atoms with Crippen LogP contribution in [0.5, 0.6) is 5.75 Å². The number of hydrogen-bond acceptors (Lipinski definition) is 8. The lowest BCUT2D eigenvalue weighted by Crippen LogP contribution is -2.40. The summed E-state index contributed by atoms with van der Waals surface area (Å²) in [7, 11) is 1.74. The standard InChI is InChI=1S/C12H14N4O7/c1-13-5-3-2-4-11(13)23-12-9(15(19)20)6-8(14(17)18)7-10(12)16(21)22/h6-7,11H,2-5H2,1H3. The number of benzene rings is 1. The van der Waals surface area contributed by atoms with E-state index in [4.69, 9.17) is 4.74 Å². The van der Waals surface area contributed by atoms with E-state index in [9.17, 15) is 30.3 Å². The van der Waals surface area contributed by atoms with Crippen LogP contribution in [0.25, 0.3) is 0 Å². The maximum atomic E-state index is 11.2. The molecule has 0 N–H and O–H groups in total. The topological polar surface area (TPSA) is 142 Å². The van der Waals surface area contributed by atoms with Gasteiger partial charge in [-0.1, -0.05) is 0 Å². The number of likely N-dealkylation sites (tertiary alicyclic amines) is 1. The van der Waals surface area contributed by atoms with Gasteiger partial charge in [-0.05, 0) is 26.3 Å². The first-order chi connectivity index (χ1) is 10.8. The lowest BCUT2D eigenvalue weighted by molar-refractivity contribution is -0.404. The van der Waals surface area contributed by atoms with Crippen molar-refractivity contribution in [3.8, 4) is 5.75 Å². The van der Waals surface area contributed by atoms with Crippen LogP contribution in [0.4, 0.5) is 17.1 Å². The summed E-state index contributed by atoms with van der Waals surface area (Å²) in [5, 5.41) is 33.1. The third kappa shape index (κ3) is 3.51. The fraction of sp³-hybridized carbons (Fsp3) is 0.500. The summed E-state index contributed by atoms with van der Waals surface area (Å²) in [6.45, 7) is 0.694. The molecule has 23 heavy (non-hydrogen) atoms. The summed E-state index contributed by atoms with van der Waals surface area (Å²) >= 11 is 0. The van der Waals surface area contributed by atoms with E-state index in [1.54, 1.807) is 11.9 Å². The summed E-state index contributed by atoms with van der Waals surface area (Å²) in [6, 6.07) is 1.34. The highest BCUT2D eigenvalue weighted by molar-refractivity contribution is 5.65. The average Bonchev–Trinajstić information content (AvgIpc) is 2.48. The highest BCUT2D eigenvalue weighted by Gasteiger charge is 2.35. The monoisotopic (exact) mass is 326 g/mol. The van der Waals surface area contributed by atoms with Crippen LogP contribution in [0.2, 0.25) is 0 Å². The van der Waals surface area contributed by atoms with Crippen molar-refractivity contribution in [2.75, 3.05) is 13.6 Å². The maximum absolute atomic E-state index is 11.2. The van der Waals surface area contributed by atoms with E-state index < -0.39 is 43.8 Å². The molecule has 0 bridgehead atoms. The molecule has 0 aromatic heterocycles. The molecule has 1 aliphatic rings. The molecule has 1 aliphatic heterocycles. The summed E-state index contributed by atoms with van der Waals surface area (Å²) < 4.78 is 5.51. The van der Waals surface area contributed by atoms with Crippen molar-refractivity contribution in [1.29, 1.82) is 0 Å². The number of nitro groups is 3. The van der Waals surface area contributed by atoms with Crippen LogP contribution in [-0.4, -0.2) is 39.5 Å². The molecule has 1 unspecified atom stereocenters. The molecule has 0 radical (unpaired) electrons. The number of piperidine rings is 1. The Labute approximate surface area is 129 Å². The molecular formula is C12H14N4O7. The lowest BCUT2D eigenvalue weighted by atomic mass is 10.1. The van der Waals surface area contributed by atoms with Crippen molar-refractivity contribution in [2.45, 2.75) is 25.5 Å². The highest BCUT2D eigenvalue weighted by atomic mass is 16.6. The van der Waals surface area contributed by atoms with Crippen LogP contribution in [0, 0.1) is 30.3 Å². The first kappa shape index (κ1) is 16.5. The number of nitrogens with zero attached hydrogens (tertiary/aromatic N) is 4. The molecule has 1 heterocycles. The Kier molecular flexibility index (Phi) is 4.69. The van der Waals surface area contributed by atoms with E-state index in [-0.39, 0.29) is 0 Å². The fourth-order valence-corrected chi connectivity index (χ4v) is 2.41. The van der Waals surface area contributed by atoms with E-state index in [1.165, 1.54) is 0 Å². The maximum Gasteiger partial charge on any atom is 0.325 e. The number of non-ortho nitro benzene ring substituents is 1. The third-order valence-corrected chi connectivity index (χ3v) is 3.60. The minimum absolute atomic E-state index is 0.552. The molecule has 0 spiro atoms. The minimum Gasteiger partial charge on any atom is -0.463 e. The van der Waals surface area contributed by atoms with E-state index in [1.807, 2.05) is 0 Å². The Balaban J connectivity index is 2.52. The van der Waals surface area contributed by atoms with E-state index >= 15 is 0 Å². The zero-order valence-corrected chi connectivity index (χ0v) is 12.2. The van der Waals surface area contributed by atoms with Gasteiger partial charge in [-0.15, -0.1) is 0 Å². The Morgan fingerprint density at radius 3 is 2.04 bits per heavy atom. The molecule has 1 aromatic rings. The fourth-order valence-electron chi connectivity index (χ4n) is 2.41. The molecule has 1 saturated heterocycles. The zero-order chi connectivity index (χ0) is 17.1. The summed E-state index contributed by atoms with van der Waals surface area (Å²) in [6.07, 6.45) is 1.76. The van der Waals surface area contributed by atoms with Crippen molar-refractivity contribution in [1.82, 2.24) is 4.90 Å². The molecule has 0 amide bonds. The largest absolute Gasteiger partial charge is 0.463 e. The van der Waals surface area contributed by atoms with Crippen molar-refractivity contribution < 1.29 is 19.5 Å². The van der Waals surface area contributed by atoms with Gasteiger partial charge in [0.2, 0.25) is 0 Å². The van der Waals surface area contributed by atoms with Gasteiger partial charge < -0.3 is 4.74 Å². The van der Waals surface area contributed by atoms with Crippen LogP contribution in [0.1, 0.15) is 19.3 Å². The van der Waals surface area contributed by atoms with Crippen molar-refractivity contribution >= 4 is 17.1 Å². The lowest BCUT2D eigenvalue weighted by Gasteiger charge is -2.32. The predicted octanol–water partition coefficient (Wildman–Crippen LogP) is 2.23. The van der Waals surface area contributed by atoms with E-state index in [0.717, 1.165) is 12.8 Å². The van der Waals surface area contributed by atoms with Crippen LogP contribution in [0.15, 0.2) is 12.1 Å². The number of ether oxygens (including phenoxy) is 1. The van der Waals surface area contributed by atoms with Gasteiger partial charge in [0, 0.05) is 6.54 Å². The average molecular weight is 326 g/mol. The molecular weight excluding hydrogens is 312 g/mol. The molecule has 11 heteroatoms. The van der Waals surface area contributed by atoms with Gasteiger partial charge in [0.15, 0.2) is 6.23 Å². The van der Waals surface area contributed by atoms with Crippen LogP contribution in [0.3, 0.4) is 0 Å². The molecule has 1 aromatic carbocycles. The first-order valence-corrected chi connectivity index (χ1v) is 6.79. The molecule has 1 fully saturated rings. The molecule has 0 saturated carbocycles. The van der Waals surface area contributed by atoms with Gasteiger partial charge >= 0.3 is 11.4 Å². The van der Waals surface area contributed by atoms with E-state index in [2.05, 4.69) is 0 Å². The van der Waals surface area contributed by atoms with Gasteiger partial charge in [0.25, 0.3) is 11.4 Å². The molecule has 11 nitrogen and oxygen atoms in total. The molecule has 2 rings (SSSR count). The van der Waals surface area contributed by atoms with Crippen molar-refractivity contribution in [3.63, 3.8) is 0 Å². The van der Waals surface area contributed by atoms with Gasteiger partial charge in [-0.3, -0.25) is 35.2 Å². The Morgan fingerprint density at radius 2 is 1.61 bits per heavy atom. The highest BCUT2D eigenvalue weighted by Crippen LogP contribution is 2.41. The quantitative estimate of drug-likeness (QED) is 0.592. The van der Waals surface area contributed by atoms with Crippen molar-refractivity contribution in [2.24, 2.45) is 0 Å². The minimum atomic E-state index is -0.920. The van der Waals surface area contributed by atoms with Gasteiger partial charge in [-0.25, -0.2) is 0 Å². The van der Waals surface area contributed by atoms with Crippen LogP contribution >= 0.6 is 0 Å². The first-order valence-electron chi connectivity index (χ1n) is 6.79. The third-order valence-electron chi connectivity index (χ3n) is 3.60. The van der Waals surface area contributed by atoms with E-state index in [0.29, 0.717) is 25.1 Å². The second-order valence-electron chi connectivity index (χ2n) is 5.13. The smallest absolute Gasteiger partial charge is 0.325 e. The zero-order valence-electron chi connectivity index (χ0n) is 12.2. The van der Waals surface area contributed by atoms with Gasteiger partial charge in [0.05, 0.1) is 26.9 Å². The number of hydrogen-bond donors (Lipinski definition) is 0. The number of rotatable bonds is 5. The summed E-state index contributed by atoms with van der Waals surface area (Å²) in [5.74, 6) is -0.552. The van der Waals surface area contributed by atoms with Gasteiger partial charge in [0.1, 0.15) is 0 Å². The normalized spacial score (nSPS) is 18.4. The van der Waals surface area contributed by atoms with Crippen molar-refractivity contribution in [3.05, 3.63) is 42.5 Å². The summed E-state index contributed by atoms with van der Waals surface area (Å²) in [4.78, 5) is 32.2. The second-order valence-corrected chi connectivity index (χ2v) is 5.13. The Morgan fingerprint density at radius 1 is 1.04 bits per heavy atom. The molecule has 1 atom stereocenters. The molecule has 124 valence electrons.